The lowest BCUT2D eigenvalue weighted by molar-refractivity contribution is 0.443. The fourth-order valence-electron chi connectivity index (χ4n) is 1.28. The molecule has 1 rings (SSSR count). The van der Waals surface area contributed by atoms with Crippen LogP contribution in [-0.2, 0) is 10.2 Å². The molecule has 1 saturated carbocycles. The lowest BCUT2D eigenvalue weighted by Gasteiger charge is -2.17. The van der Waals surface area contributed by atoms with Crippen LogP contribution in [0.5, 0.6) is 0 Å². The van der Waals surface area contributed by atoms with E-state index in [-0.39, 0.29) is 6.04 Å². The van der Waals surface area contributed by atoms with Gasteiger partial charge in [0.05, 0.1) is 0 Å². The van der Waals surface area contributed by atoms with Gasteiger partial charge in [-0.2, -0.15) is 17.4 Å². The van der Waals surface area contributed by atoms with Crippen molar-refractivity contribution in [1.29, 1.82) is 0 Å². The summed E-state index contributed by atoms with van der Waals surface area (Å²) in [5.41, 5.74) is 5.36. The van der Waals surface area contributed by atoms with Crippen molar-refractivity contribution >= 4 is 10.2 Å². The van der Waals surface area contributed by atoms with Gasteiger partial charge < -0.3 is 5.73 Å². The van der Waals surface area contributed by atoms with E-state index in [9.17, 15) is 8.42 Å². The van der Waals surface area contributed by atoms with Gasteiger partial charge in [-0.1, -0.05) is 6.42 Å². The molecule has 0 bridgehead atoms. The minimum atomic E-state index is -3.23. The molecule has 0 saturated heterocycles. The molecule has 0 aromatic heterocycles. The van der Waals surface area contributed by atoms with Crippen molar-refractivity contribution < 1.29 is 8.42 Å². The van der Waals surface area contributed by atoms with Crippen LogP contribution < -0.4 is 10.5 Å². The maximum absolute atomic E-state index is 11.6. The average Bonchev–Trinajstić information content (AvgIpc) is 2.95. The standard InChI is InChI=1S/C9H21N3O2S/c1-12(8-4-2-3-7-10)15(13,14)11-9-5-6-9/h9,11H,2-8,10H2,1H3. The zero-order chi connectivity index (χ0) is 11.3. The van der Waals surface area contributed by atoms with Gasteiger partial charge in [0, 0.05) is 19.6 Å². The third-order valence-electron chi connectivity index (χ3n) is 2.48. The second-order valence-electron chi connectivity index (χ2n) is 4.07. The molecule has 3 N–H and O–H groups in total. The number of nitrogens with zero attached hydrogens (tertiary/aromatic N) is 1. The number of nitrogens with one attached hydrogen (secondary N) is 1. The Hall–Kier alpha value is -0.170. The Morgan fingerprint density at radius 2 is 2.00 bits per heavy atom. The Morgan fingerprint density at radius 1 is 1.33 bits per heavy atom. The minimum absolute atomic E-state index is 0.182. The minimum Gasteiger partial charge on any atom is -0.330 e. The van der Waals surface area contributed by atoms with Crippen molar-refractivity contribution in [2.24, 2.45) is 5.73 Å². The number of nitrogens with two attached hydrogens (primary N) is 1. The number of hydrogen-bond donors (Lipinski definition) is 2. The summed E-state index contributed by atoms with van der Waals surface area (Å²) in [5.74, 6) is 0. The molecule has 1 aliphatic rings. The Bertz CT molecular complexity index is 275. The smallest absolute Gasteiger partial charge is 0.279 e. The maximum Gasteiger partial charge on any atom is 0.279 e. The zero-order valence-electron chi connectivity index (χ0n) is 9.28. The van der Waals surface area contributed by atoms with Gasteiger partial charge in [0.2, 0.25) is 0 Å². The molecule has 1 fully saturated rings. The van der Waals surface area contributed by atoms with Crippen molar-refractivity contribution in [2.45, 2.75) is 38.1 Å². The van der Waals surface area contributed by atoms with Crippen LogP contribution in [0.25, 0.3) is 0 Å². The Labute approximate surface area is 92.2 Å². The first-order valence-electron chi connectivity index (χ1n) is 5.50. The highest BCUT2D eigenvalue weighted by atomic mass is 32.2. The molecule has 90 valence electrons. The van der Waals surface area contributed by atoms with E-state index in [1.165, 1.54) is 4.31 Å². The lowest BCUT2D eigenvalue weighted by atomic mass is 10.2. The van der Waals surface area contributed by atoms with Gasteiger partial charge in [0.15, 0.2) is 0 Å². The predicted molar refractivity (Wildman–Crippen MR) is 60.6 cm³/mol. The van der Waals surface area contributed by atoms with Crippen molar-refractivity contribution in [1.82, 2.24) is 9.03 Å². The molecular weight excluding hydrogens is 214 g/mol. The van der Waals surface area contributed by atoms with Gasteiger partial charge in [-0.25, -0.2) is 0 Å². The molecular formula is C9H21N3O2S. The zero-order valence-corrected chi connectivity index (χ0v) is 10.1. The van der Waals surface area contributed by atoms with E-state index in [0.717, 1.165) is 32.1 Å². The van der Waals surface area contributed by atoms with E-state index < -0.39 is 10.2 Å². The normalized spacial score (nSPS) is 17.3. The molecule has 6 heteroatoms. The predicted octanol–water partition coefficient (Wildman–Crippen LogP) is 0.0440. The number of rotatable bonds is 8. The van der Waals surface area contributed by atoms with Crippen molar-refractivity contribution in [2.75, 3.05) is 20.1 Å². The summed E-state index contributed by atoms with van der Waals surface area (Å²) in [6.07, 6.45) is 4.77. The summed E-state index contributed by atoms with van der Waals surface area (Å²) in [5, 5.41) is 0. The number of unbranched alkanes of at least 4 members (excludes halogenated alkanes) is 2. The largest absolute Gasteiger partial charge is 0.330 e. The molecule has 0 unspecified atom stereocenters. The van der Waals surface area contributed by atoms with Gasteiger partial charge >= 0.3 is 0 Å². The fourth-order valence-corrected chi connectivity index (χ4v) is 2.48. The van der Waals surface area contributed by atoms with Crippen molar-refractivity contribution in [3.05, 3.63) is 0 Å². The SMILES string of the molecule is CN(CCCCCN)S(=O)(=O)NC1CC1. The van der Waals surface area contributed by atoms with Gasteiger partial charge in [-0.15, -0.1) is 0 Å². The molecule has 0 aromatic carbocycles. The summed E-state index contributed by atoms with van der Waals surface area (Å²) in [6.45, 7) is 1.25. The van der Waals surface area contributed by atoms with E-state index in [1.54, 1.807) is 7.05 Å². The molecule has 0 atom stereocenters. The fraction of sp³-hybridized carbons (Fsp3) is 1.00. The van der Waals surface area contributed by atoms with E-state index in [4.69, 9.17) is 5.73 Å². The highest BCUT2D eigenvalue weighted by Crippen LogP contribution is 2.20. The van der Waals surface area contributed by atoms with Crippen LogP contribution in [0.4, 0.5) is 0 Å². The average molecular weight is 235 g/mol. The monoisotopic (exact) mass is 235 g/mol. The first kappa shape index (κ1) is 12.9. The summed E-state index contributed by atoms with van der Waals surface area (Å²) in [6, 6.07) is 0.182. The third kappa shape index (κ3) is 4.92. The second kappa shape index (κ2) is 5.79. The maximum atomic E-state index is 11.6. The summed E-state index contributed by atoms with van der Waals surface area (Å²) in [4.78, 5) is 0. The topological polar surface area (TPSA) is 75.4 Å². The molecule has 0 aromatic rings. The van der Waals surface area contributed by atoms with E-state index in [1.807, 2.05) is 0 Å². The van der Waals surface area contributed by atoms with Crippen LogP contribution in [0.3, 0.4) is 0 Å². The molecule has 15 heavy (non-hydrogen) atoms. The van der Waals surface area contributed by atoms with Crippen LogP contribution >= 0.6 is 0 Å². The van der Waals surface area contributed by atoms with E-state index >= 15 is 0 Å². The molecule has 0 aliphatic heterocycles. The Kier molecular flexibility index (Phi) is 4.98. The van der Waals surface area contributed by atoms with Crippen molar-refractivity contribution in [3.8, 4) is 0 Å². The van der Waals surface area contributed by atoms with Crippen LogP contribution in [0.15, 0.2) is 0 Å². The van der Waals surface area contributed by atoms with Gasteiger partial charge in [0.1, 0.15) is 0 Å². The molecule has 0 radical (unpaired) electrons. The van der Waals surface area contributed by atoms with Crippen LogP contribution in [0.1, 0.15) is 32.1 Å². The van der Waals surface area contributed by atoms with E-state index in [2.05, 4.69) is 4.72 Å². The summed E-state index contributed by atoms with van der Waals surface area (Å²) in [7, 11) is -1.61. The van der Waals surface area contributed by atoms with Crippen LogP contribution in [0.2, 0.25) is 0 Å². The second-order valence-corrected chi connectivity index (χ2v) is 5.88. The molecule has 1 aliphatic carbocycles. The lowest BCUT2D eigenvalue weighted by Crippen LogP contribution is -2.39. The highest BCUT2D eigenvalue weighted by Gasteiger charge is 2.28. The first-order valence-corrected chi connectivity index (χ1v) is 6.94. The molecule has 5 nitrogen and oxygen atoms in total. The van der Waals surface area contributed by atoms with Crippen LogP contribution in [0, 0.1) is 0 Å². The Balaban J connectivity index is 2.21. The highest BCUT2D eigenvalue weighted by molar-refractivity contribution is 7.87. The first-order chi connectivity index (χ1) is 7.06. The number of hydrogen-bond acceptors (Lipinski definition) is 3. The molecule has 0 amide bonds. The van der Waals surface area contributed by atoms with Crippen molar-refractivity contribution in [3.63, 3.8) is 0 Å². The quantitative estimate of drug-likeness (QED) is 0.583. The summed E-state index contributed by atoms with van der Waals surface area (Å²) < 4.78 is 27.3. The third-order valence-corrected chi connectivity index (χ3v) is 4.11. The van der Waals surface area contributed by atoms with Crippen LogP contribution in [-0.4, -0.2) is 38.9 Å². The van der Waals surface area contributed by atoms with Gasteiger partial charge in [-0.05, 0) is 32.2 Å². The van der Waals surface area contributed by atoms with E-state index in [0.29, 0.717) is 13.1 Å². The summed E-state index contributed by atoms with van der Waals surface area (Å²) >= 11 is 0. The van der Waals surface area contributed by atoms with Gasteiger partial charge in [0.25, 0.3) is 10.2 Å². The molecule has 0 heterocycles. The molecule has 0 spiro atoms. The Morgan fingerprint density at radius 3 is 2.53 bits per heavy atom. The van der Waals surface area contributed by atoms with Gasteiger partial charge in [-0.3, -0.25) is 0 Å².